The molecule has 5 nitrogen and oxygen atoms in total. The van der Waals surface area contributed by atoms with Gasteiger partial charge in [0.15, 0.2) is 5.78 Å². The second kappa shape index (κ2) is 7.27. The lowest BCUT2D eigenvalue weighted by molar-refractivity contribution is -0.126. The van der Waals surface area contributed by atoms with Crippen LogP contribution in [0.4, 0.5) is 0 Å². The summed E-state index contributed by atoms with van der Waals surface area (Å²) in [6, 6.07) is -0.903. The molecule has 2 aliphatic carbocycles. The van der Waals surface area contributed by atoms with Gasteiger partial charge < -0.3 is 15.1 Å². The summed E-state index contributed by atoms with van der Waals surface area (Å²) >= 11 is 0. The molecule has 1 saturated heterocycles. The summed E-state index contributed by atoms with van der Waals surface area (Å²) in [5.41, 5.74) is -0.848. The molecular formula is C22H31NO4. The van der Waals surface area contributed by atoms with E-state index in [2.05, 4.69) is 19.1 Å². The van der Waals surface area contributed by atoms with E-state index in [1.807, 2.05) is 26.0 Å². The first-order valence-corrected chi connectivity index (χ1v) is 9.94. The number of hydrogen-bond acceptors (Lipinski definition) is 4. The molecule has 0 aromatic heterocycles. The van der Waals surface area contributed by atoms with Crippen LogP contribution < -0.4 is 0 Å². The molecule has 1 heterocycles. The summed E-state index contributed by atoms with van der Waals surface area (Å²) in [7, 11) is 1.50. The largest absolute Gasteiger partial charge is 0.511 e. The van der Waals surface area contributed by atoms with Crippen molar-refractivity contribution in [2.75, 3.05) is 13.7 Å². The normalized spacial score (nSPS) is 41.4. The van der Waals surface area contributed by atoms with E-state index in [1.165, 1.54) is 11.9 Å². The summed E-state index contributed by atoms with van der Waals surface area (Å²) in [5.74, 6) is -0.00752. The number of nitrogens with zero attached hydrogens (tertiary/aromatic N) is 1. The van der Waals surface area contributed by atoms with Gasteiger partial charge >= 0.3 is 0 Å². The number of Topliss-reactive ketones (excluding diaryl/α,β-unsaturated/α-hetero) is 1. The second-order valence-corrected chi connectivity index (χ2v) is 8.61. The average Bonchev–Trinajstić information content (AvgIpc) is 2.85. The van der Waals surface area contributed by atoms with Crippen LogP contribution in [0, 0.1) is 29.1 Å². The molecule has 2 N–H and O–H groups in total. The molecule has 0 radical (unpaired) electrons. The lowest BCUT2D eigenvalue weighted by Gasteiger charge is -2.50. The maximum absolute atomic E-state index is 12.8. The molecule has 3 rings (SSSR count). The van der Waals surface area contributed by atoms with Crippen molar-refractivity contribution in [3.63, 3.8) is 0 Å². The monoisotopic (exact) mass is 373 g/mol. The van der Waals surface area contributed by atoms with Gasteiger partial charge in [-0.2, -0.15) is 0 Å². The zero-order valence-electron chi connectivity index (χ0n) is 16.7. The topological polar surface area (TPSA) is 77.8 Å². The minimum absolute atomic E-state index is 0.0799. The predicted octanol–water partition coefficient (Wildman–Crippen LogP) is 3.02. The maximum Gasteiger partial charge on any atom is 0.261 e. The minimum Gasteiger partial charge on any atom is -0.511 e. The number of likely N-dealkylation sites (N-methyl/N-ethyl adjacent to an activating group) is 1. The number of carbonyl (C=O) groups excluding carboxylic acids is 2. The lowest BCUT2D eigenvalue weighted by atomic mass is 9.54. The summed E-state index contributed by atoms with van der Waals surface area (Å²) < 4.78 is 0. The third-order valence-corrected chi connectivity index (χ3v) is 7.06. The zero-order chi connectivity index (χ0) is 19.9. The van der Waals surface area contributed by atoms with Gasteiger partial charge in [-0.15, -0.1) is 0 Å². The molecule has 2 fully saturated rings. The second-order valence-electron chi connectivity index (χ2n) is 8.61. The first kappa shape index (κ1) is 19.9. The highest BCUT2D eigenvalue weighted by Crippen LogP contribution is 2.56. The number of allylic oxidation sites excluding steroid dienone is 5. The fraction of sp³-hybridized carbons (Fsp3) is 0.636. The van der Waals surface area contributed by atoms with Crippen molar-refractivity contribution < 1.29 is 19.8 Å². The Bertz CT molecular complexity index is 722. The van der Waals surface area contributed by atoms with Gasteiger partial charge in [0.05, 0.1) is 6.61 Å². The van der Waals surface area contributed by atoms with Gasteiger partial charge in [0.1, 0.15) is 17.4 Å². The minimum atomic E-state index is -0.903. The third-order valence-electron chi connectivity index (χ3n) is 7.06. The Balaban J connectivity index is 2.14. The van der Waals surface area contributed by atoms with Gasteiger partial charge in [0, 0.05) is 18.4 Å². The van der Waals surface area contributed by atoms with Gasteiger partial charge in [0.2, 0.25) is 0 Å². The number of aliphatic hydroxyl groups excluding tert-OH is 2. The van der Waals surface area contributed by atoms with Gasteiger partial charge in [-0.3, -0.25) is 9.59 Å². The van der Waals surface area contributed by atoms with Crippen molar-refractivity contribution in [2.45, 2.75) is 46.1 Å². The molecule has 0 aromatic rings. The highest BCUT2D eigenvalue weighted by Gasteiger charge is 2.53. The summed E-state index contributed by atoms with van der Waals surface area (Å²) in [6.45, 7) is 5.75. The van der Waals surface area contributed by atoms with Crippen molar-refractivity contribution in [1.82, 2.24) is 4.90 Å². The van der Waals surface area contributed by atoms with E-state index in [0.29, 0.717) is 11.8 Å². The quantitative estimate of drug-likeness (QED) is 0.345. The summed E-state index contributed by atoms with van der Waals surface area (Å²) in [5, 5.41) is 20.9. The van der Waals surface area contributed by atoms with E-state index in [-0.39, 0.29) is 23.2 Å². The molecule has 0 bridgehead atoms. The Morgan fingerprint density at radius 3 is 2.63 bits per heavy atom. The maximum atomic E-state index is 12.8. The number of rotatable bonds is 3. The standard InChI is InChI=1S/C22H31NO4/c1-5-6-15-9-8-14-11-13(2)7-10-16(14)22(15,3)20(26)18-19(25)17(12-24)23(4)21(18)27/h5-6,8-9,13-17,24,26H,7,10-12H2,1-4H3/b6-5+,20-18-/t13-,14-,15-,16-,17-,22-/m1/s1. The Labute approximate surface area is 161 Å². The average molecular weight is 373 g/mol. The van der Waals surface area contributed by atoms with Crippen molar-refractivity contribution in [3.05, 3.63) is 35.6 Å². The Morgan fingerprint density at radius 1 is 1.33 bits per heavy atom. The molecule has 1 amide bonds. The molecular weight excluding hydrogens is 342 g/mol. The van der Waals surface area contributed by atoms with E-state index < -0.39 is 29.8 Å². The van der Waals surface area contributed by atoms with E-state index in [4.69, 9.17) is 0 Å². The molecule has 1 aliphatic heterocycles. The highest BCUT2D eigenvalue weighted by molar-refractivity contribution is 6.26. The fourth-order valence-corrected chi connectivity index (χ4v) is 5.35. The number of fused-ring (bicyclic) bond motifs is 1. The summed E-state index contributed by atoms with van der Waals surface area (Å²) in [4.78, 5) is 26.7. The van der Waals surface area contributed by atoms with Crippen LogP contribution in [-0.2, 0) is 9.59 Å². The van der Waals surface area contributed by atoms with E-state index in [1.54, 1.807) is 0 Å². The first-order valence-electron chi connectivity index (χ1n) is 9.94. The van der Waals surface area contributed by atoms with E-state index in [9.17, 15) is 19.8 Å². The molecule has 3 aliphatic rings. The van der Waals surface area contributed by atoms with Gasteiger partial charge in [-0.05, 0) is 37.5 Å². The van der Waals surface area contributed by atoms with E-state index >= 15 is 0 Å². The van der Waals surface area contributed by atoms with Crippen LogP contribution in [0.1, 0.15) is 40.0 Å². The number of amides is 1. The van der Waals surface area contributed by atoms with Gasteiger partial charge in [-0.1, -0.05) is 44.6 Å². The Hall–Kier alpha value is -1.88. The van der Waals surface area contributed by atoms with Gasteiger partial charge in [0.25, 0.3) is 5.91 Å². The van der Waals surface area contributed by atoms with Crippen LogP contribution in [0.5, 0.6) is 0 Å². The molecule has 6 atom stereocenters. The van der Waals surface area contributed by atoms with Crippen LogP contribution >= 0.6 is 0 Å². The van der Waals surface area contributed by atoms with Crippen LogP contribution in [0.15, 0.2) is 35.6 Å². The molecule has 0 spiro atoms. The smallest absolute Gasteiger partial charge is 0.261 e. The molecule has 1 saturated carbocycles. The van der Waals surface area contributed by atoms with Crippen LogP contribution in [0.3, 0.4) is 0 Å². The molecule has 148 valence electrons. The SMILES string of the molecule is C/C=C/[C@@H]1C=C[C@@H]2C[C@H](C)CC[C@H]2[C@]1(C)/C(O)=C1\C(=O)[C@@H](CO)N(C)C1=O. The number of carbonyl (C=O) groups is 2. The van der Waals surface area contributed by atoms with E-state index in [0.717, 1.165) is 19.3 Å². The number of likely N-dealkylation sites (tertiary alicyclic amines) is 1. The number of aliphatic hydroxyl groups is 2. The summed E-state index contributed by atoms with van der Waals surface area (Å²) in [6.07, 6.45) is 11.5. The predicted molar refractivity (Wildman–Crippen MR) is 104 cm³/mol. The molecule has 27 heavy (non-hydrogen) atoms. The van der Waals surface area contributed by atoms with Crippen molar-refractivity contribution >= 4 is 11.7 Å². The molecule has 5 heteroatoms. The Kier molecular flexibility index (Phi) is 5.35. The number of ketones is 1. The first-order chi connectivity index (χ1) is 12.8. The highest BCUT2D eigenvalue weighted by atomic mass is 16.3. The number of hydrogen-bond donors (Lipinski definition) is 2. The van der Waals surface area contributed by atoms with Crippen LogP contribution in [-0.4, -0.2) is 46.5 Å². The Morgan fingerprint density at radius 2 is 2.04 bits per heavy atom. The van der Waals surface area contributed by atoms with Crippen LogP contribution in [0.25, 0.3) is 0 Å². The van der Waals surface area contributed by atoms with Crippen molar-refractivity contribution in [1.29, 1.82) is 0 Å². The zero-order valence-corrected chi connectivity index (χ0v) is 16.7. The third kappa shape index (κ3) is 2.96. The van der Waals surface area contributed by atoms with Crippen molar-refractivity contribution in [2.24, 2.45) is 29.1 Å². The molecule has 0 unspecified atom stereocenters. The lowest BCUT2D eigenvalue weighted by Crippen LogP contribution is -2.45. The fourth-order valence-electron chi connectivity index (χ4n) is 5.35. The van der Waals surface area contributed by atoms with Gasteiger partial charge in [-0.25, -0.2) is 0 Å². The molecule has 0 aromatic carbocycles. The van der Waals surface area contributed by atoms with Crippen molar-refractivity contribution in [3.8, 4) is 0 Å². The van der Waals surface area contributed by atoms with Crippen LogP contribution in [0.2, 0.25) is 0 Å².